The molecule has 3 amide bonds. The Morgan fingerprint density at radius 1 is 0.958 bits per heavy atom. The lowest BCUT2D eigenvalue weighted by Crippen LogP contribution is -2.48. The minimum Gasteiger partial charge on any atom is -0.273 e. The van der Waals surface area contributed by atoms with Crippen LogP contribution in [0.1, 0.15) is 51.0 Å². The van der Waals surface area contributed by atoms with Gasteiger partial charge in [-0.05, 0) is 25.5 Å². The van der Waals surface area contributed by atoms with Crippen molar-refractivity contribution in [2.24, 2.45) is 0 Å². The van der Waals surface area contributed by atoms with Crippen molar-refractivity contribution in [3.8, 4) is 0 Å². The molecule has 1 aromatic carbocycles. The molecule has 0 fully saturated rings. The van der Waals surface area contributed by atoms with E-state index in [0.717, 1.165) is 37.7 Å². The van der Waals surface area contributed by atoms with Crippen LogP contribution in [0.25, 0.3) is 0 Å². The highest BCUT2D eigenvalue weighted by molar-refractivity contribution is 7.90. The average Bonchev–Trinajstić information content (AvgIpc) is 2.53. The van der Waals surface area contributed by atoms with E-state index in [2.05, 4.69) is 12.3 Å². The molecule has 0 saturated carbocycles. The fourth-order valence-corrected chi connectivity index (χ4v) is 2.91. The zero-order valence-corrected chi connectivity index (χ0v) is 14.9. The second-order valence-corrected chi connectivity index (χ2v) is 7.27. The fraction of sp³-hybridized carbons (Fsp3) is 0.500. The summed E-state index contributed by atoms with van der Waals surface area (Å²) < 4.78 is 25.8. The maximum Gasteiger partial charge on any atom is 0.347 e. The summed E-state index contributed by atoms with van der Waals surface area (Å²) in [6.45, 7) is 3.94. The Balaban J connectivity index is 2.35. The van der Waals surface area contributed by atoms with E-state index < -0.39 is 16.1 Å². The smallest absolute Gasteiger partial charge is 0.273 e. The SMILES string of the molecule is CCCCCCCC(=O)NNC(=O)NS(=O)(=O)c1ccc(C)cc1. The minimum atomic E-state index is -3.96. The van der Waals surface area contributed by atoms with E-state index in [9.17, 15) is 18.0 Å². The van der Waals surface area contributed by atoms with Gasteiger partial charge < -0.3 is 0 Å². The minimum absolute atomic E-state index is 0.0227. The Kier molecular flexibility index (Phi) is 8.25. The largest absolute Gasteiger partial charge is 0.347 e. The van der Waals surface area contributed by atoms with Gasteiger partial charge in [0.25, 0.3) is 10.0 Å². The molecule has 0 unspecified atom stereocenters. The number of benzene rings is 1. The highest BCUT2D eigenvalue weighted by atomic mass is 32.2. The van der Waals surface area contributed by atoms with Crippen molar-refractivity contribution in [3.63, 3.8) is 0 Å². The topological polar surface area (TPSA) is 104 Å². The lowest BCUT2D eigenvalue weighted by molar-refractivity contribution is -0.121. The molecule has 0 spiro atoms. The molecule has 0 heterocycles. The third kappa shape index (κ3) is 7.45. The summed E-state index contributed by atoms with van der Waals surface area (Å²) in [7, 11) is -3.96. The van der Waals surface area contributed by atoms with E-state index in [4.69, 9.17) is 0 Å². The highest BCUT2D eigenvalue weighted by Gasteiger charge is 2.17. The first-order valence-electron chi connectivity index (χ1n) is 8.03. The number of hydrazine groups is 1. The molecule has 7 nitrogen and oxygen atoms in total. The number of carbonyl (C=O) groups is 2. The number of carbonyl (C=O) groups excluding carboxylic acids is 2. The van der Waals surface area contributed by atoms with Crippen molar-refractivity contribution in [3.05, 3.63) is 29.8 Å². The lowest BCUT2D eigenvalue weighted by Gasteiger charge is -2.10. The third-order valence-corrected chi connectivity index (χ3v) is 4.73. The molecule has 0 bridgehead atoms. The molecule has 1 aromatic rings. The van der Waals surface area contributed by atoms with Gasteiger partial charge in [-0.25, -0.2) is 23.4 Å². The highest BCUT2D eigenvalue weighted by Crippen LogP contribution is 2.09. The number of aryl methyl sites for hydroxylation is 1. The van der Waals surface area contributed by atoms with Crippen molar-refractivity contribution in [2.75, 3.05) is 0 Å². The van der Waals surface area contributed by atoms with Gasteiger partial charge in [-0.2, -0.15) is 0 Å². The normalized spacial score (nSPS) is 10.9. The van der Waals surface area contributed by atoms with Crippen LogP contribution >= 0.6 is 0 Å². The molecule has 0 saturated heterocycles. The molecule has 8 heteroatoms. The van der Waals surface area contributed by atoms with Gasteiger partial charge in [0.05, 0.1) is 4.90 Å². The van der Waals surface area contributed by atoms with E-state index >= 15 is 0 Å². The molecule has 1 rings (SSSR count). The lowest BCUT2D eigenvalue weighted by atomic mass is 10.1. The van der Waals surface area contributed by atoms with Gasteiger partial charge in [0.2, 0.25) is 5.91 Å². The average molecular weight is 355 g/mol. The monoisotopic (exact) mass is 355 g/mol. The van der Waals surface area contributed by atoms with Crippen LogP contribution in [0.4, 0.5) is 4.79 Å². The molecule has 0 aliphatic rings. The summed E-state index contributed by atoms with van der Waals surface area (Å²) in [4.78, 5) is 23.1. The first kappa shape index (κ1) is 20.0. The van der Waals surface area contributed by atoms with Crippen LogP contribution in [0.3, 0.4) is 0 Å². The summed E-state index contributed by atoms with van der Waals surface area (Å²) in [5, 5.41) is 0. The van der Waals surface area contributed by atoms with Crippen molar-refractivity contribution in [2.45, 2.75) is 57.3 Å². The van der Waals surface area contributed by atoms with Gasteiger partial charge in [-0.15, -0.1) is 0 Å². The molecule has 0 aliphatic heterocycles. The number of rotatable bonds is 8. The Bertz CT molecular complexity index is 642. The van der Waals surface area contributed by atoms with Crippen LogP contribution in [-0.2, 0) is 14.8 Å². The van der Waals surface area contributed by atoms with Gasteiger partial charge in [-0.3, -0.25) is 10.2 Å². The number of unbranched alkanes of at least 4 members (excludes halogenated alkanes) is 4. The van der Waals surface area contributed by atoms with Crippen LogP contribution in [0.5, 0.6) is 0 Å². The molecule has 0 atom stereocenters. The number of amides is 3. The zero-order valence-electron chi connectivity index (χ0n) is 14.1. The molecule has 3 N–H and O–H groups in total. The van der Waals surface area contributed by atoms with Gasteiger partial charge in [0.1, 0.15) is 0 Å². The van der Waals surface area contributed by atoms with E-state index in [0.29, 0.717) is 0 Å². The number of hydrogen-bond acceptors (Lipinski definition) is 4. The van der Waals surface area contributed by atoms with Crippen LogP contribution in [-0.4, -0.2) is 20.4 Å². The number of sulfonamides is 1. The van der Waals surface area contributed by atoms with Crippen LogP contribution in [0.2, 0.25) is 0 Å². The first-order valence-corrected chi connectivity index (χ1v) is 9.52. The maximum atomic E-state index is 12.0. The van der Waals surface area contributed by atoms with Crippen molar-refractivity contribution in [1.82, 2.24) is 15.6 Å². The Morgan fingerprint density at radius 3 is 2.21 bits per heavy atom. The first-order chi connectivity index (χ1) is 11.3. The van der Waals surface area contributed by atoms with E-state index in [1.54, 1.807) is 12.1 Å². The zero-order chi connectivity index (χ0) is 18.0. The Labute approximate surface area is 143 Å². The number of hydrogen-bond donors (Lipinski definition) is 3. The van der Waals surface area contributed by atoms with Gasteiger partial charge >= 0.3 is 6.03 Å². The number of urea groups is 1. The molecular weight excluding hydrogens is 330 g/mol. The summed E-state index contributed by atoms with van der Waals surface area (Å²) in [6.07, 6.45) is 5.32. The molecule has 24 heavy (non-hydrogen) atoms. The predicted molar refractivity (Wildman–Crippen MR) is 91.6 cm³/mol. The molecule has 0 aromatic heterocycles. The van der Waals surface area contributed by atoms with Gasteiger partial charge in [0.15, 0.2) is 0 Å². The molecule has 134 valence electrons. The second kappa shape index (κ2) is 9.92. The van der Waals surface area contributed by atoms with E-state index in [1.165, 1.54) is 12.1 Å². The third-order valence-electron chi connectivity index (χ3n) is 3.38. The summed E-state index contributed by atoms with van der Waals surface area (Å²) in [5.41, 5.74) is 5.14. The molecule has 0 aliphatic carbocycles. The quantitative estimate of drug-likeness (QED) is 0.492. The summed E-state index contributed by atoms with van der Waals surface area (Å²) in [5.74, 6) is -0.352. The number of nitrogens with one attached hydrogen (secondary N) is 3. The van der Waals surface area contributed by atoms with E-state index in [1.807, 2.05) is 17.1 Å². The van der Waals surface area contributed by atoms with Crippen molar-refractivity contribution in [1.29, 1.82) is 0 Å². The fourth-order valence-electron chi connectivity index (χ4n) is 2.00. The molecule has 0 radical (unpaired) electrons. The van der Waals surface area contributed by atoms with Crippen LogP contribution in [0, 0.1) is 6.92 Å². The van der Waals surface area contributed by atoms with Crippen LogP contribution < -0.4 is 15.6 Å². The van der Waals surface area contributed by atoms with Crippen molar-refractivity contribution < 1.29 is 18.0 Å². The maximum absolute atomic E-state index is 12.0. The molecular formula is C16H25N3O4S. The van der Waals surface area contributed by atoms with E-state index in [-0.39, 0.29) is 17.2 Å². The van der Waals surface area contributed by atoms with Gasteiger partial charge in [-0.1, -0.05) is 50.3 Å². The predicted octanol–water partition coefficient (Wildman–Crippen LogP) is 2.37. The summed E-state index contributed by atoms with van der Waals surface area (Å²) >= 11 is 0. The van der Waals surface area contributed by atoms with Gasteiger partial charge in [0, 0.05) is 6.42 Å². The summed E-state index contributed by atoms with van der Waals surface area (Å²) in [6, 6.07) is 5.06. The van der Waals surface area contributed by atoms with Crippen molar-refractivity contribution >= 4 is 22.0 Å². The Morgan fingerprint density at radius 2 is 1.58 bits per heavy atom. The van der Waals surface area contributed by atoms with Crippen LogP contribution in [0.15, 0.2) is 29.2 Å². The standard InChI is InChI=1S/C16H25N3O4S/c1-3-4-5-6-7-8-15(20)17-18-16(21)19-24(22,23)14-11-9-13(2)10-12-14/h9-12H,3-8H2,1-2H3,(H,17,20)(H2,18,19,21). The second-order valence-electron chi connectivity index (χ2n) is 5.59. The Hall–Kier alpha value is -2.09.